The summed E-state index contributed by atoms with van der Waals surface area (Å²) >= 11 is 3.30. The van der Waals surface area contributed by atoms with Crippen LogP contribution in [-0.4, -0.2) is 83.4 Å². The van der Waals surface area contributed by atoms with E-state index in [0.717, 1.165) is 0 Å². The zero-order valence-electron chi connectivity index (χ0n) is 17.5. The number of nitrogens with zero attached hydrogens (tertiary/aromatic N) is 4. The number of phosphoric ester groups is 2. The Morgan fingerprint density at radius 2 is 1.74 bits per heavy atom. The summed E-state index contributed by atoms with van der Waals surface area (Å²) in [6.07, 6.45) is -7.71. The highest BCUT2D eigenvalue weighted by Gasteiger charge is 2.49. The number of aliphatic hydroxyl groups excluding tert-OH is 3. The first-order chi connectivity index (χ1) is 16.4. The molecule has 0 aliphatic carbocycles. The molecular formula is C15H21BrN5O12P2+. The summed E-state index contributed by atoms with van der Waals surface area (Å²) in [4.78, 5) is 28.4. The van der Waals surface area contributed by atoms with Gasteiger partial charge in [0.1, 0.15) is 30.6 Å². The van der Waals surface area contributed by atoms with Gasteiger partial charge in [-0.2, -0.15) is 4.31 Å². The van der Waals surface area contributed by atoms with E-state index in [1.165, 1.54) is 15.5 Å². The standard InChI is InChI=1S/C15H20BrN5O12P2/c16-15-19-9-12(17)20-4-18-13(9)21(15)8-1-5(22)6(31-8)2-29-34(25,26)33-35(27,28)30-3-7-10(23)11(24)14(20)32-7/h4-8,10-11,14,17,22-24H,1-3H2,(H2,25,26,27,28)/p+1/t5-,6+,7+,8+,10+,11+,14+/m0/s1. The van der Waals surface area contributed by atoms with Crippen LogP contribution in [0.15, 0.2) is 11.1 Å². The predicted molar refractivity (Wildman–Crippen MR) is 113 cm³/mol. The summed E-state index contributed by atoms with van der Waals surface area (Å²) in [5, 5.41) is 31.3. The summed E-state index contributed by atoms with van der Waals surface area (Å²) < 4.78 is 52.3. The number of hydrogen-bond donors (Lipinski definition) is 6. The Morgan fingerprint density at radius 3 is 2.43 bits per heavy atom. The zero-order chi connectivity index (χ0) is 25.3. The minimum absolute atomic E-state index is 0.00388. The molecular weight excluding hydrogens is 584 g/mol. The van der Waals surface area contributed by atoms with Crippen molar-refractivity contribution < 1.29 is 61.6 Å². The molecule has 2 aromatic heterocycles. The molecule has 0 amide bonds. The van der Waals surface area contributed by atoms with E-state index in [9.17, 15) is 34.2 Å². The molecule has 4 aliphatic rings. The van der Waals surface area contributed by atoms with Gasteiger partial charge in [-0.1, -0.05) is 4.98 Å². The molecule has 8 bridgehead atoms. The number of imidazole rings is 1. The fraction of sp³-hybridized carbons (Fsp3) is 0.667. The Kier molecular flexibility index (Phi) is 6.58. The van der Waals surface area contributed by atoms with Crippen molar-refractivity contribution in [2.45, 2.75) is 49.4 Å². The molecule has 7 N–H and O–H groups in total. The first kappa shape index (κ1) is 25.5. The lowest BCUT2D eigenvalue weighted by Gasteiger charge is -2.21. The van der Waals surface area contributed by atoms with Crippen molar-refractivity contribution >= 4 is 48.6 Å². The van der Waals surface area contributed by atoms with Gasteiger partial charge in [0, 0.05) is 6.42 Å². The number of hydrogen-bond acceptors (Lipinski definition) is 13. The predicted octanol–water partition coefficient (Wildman–Crippen LogP) is -1.40. The van der Waals surface area contributed by atoms with Crippen molar-refractivity contribution in [1.82, 2.24) is 14.5 Å². The summed E-state index contributed by atoms with van der Waals surface area (Å²) in [5.74, 6) is 0.00388. The Hall–Kier alpha value is -1.11. The van der Waals surface area contributed by atoms with E-state index in [0.29, 0.717) is 0 Å². The van der Waals surface area contributed by atoms with E-state index < -0.39 is 71.8 Å². The third-order valence-electron chi connectivity index (χ3n) is 5.78. The highest BCUT2D eigenvalue weighted by atomic mass is 79.9. The third kappa shape index (κ3) is 4.68. The quantitative estimate of drug-likeness (QED) is 0.115. The molecule has 0 aromatic carbocycles. The number of ether oxygens (including phenoxy) is 2. The van der Waals surface area contributed by atoms with Crippen molar-refractivity contribution in [3.05, 3.63) is 11.1 Å². The lowest BCUT2D eigenvalue weighted by atomic mass is 10.1. The topological polar surface area (TPSA) is 242 Å². The maximum Gasteiger partial charge on any atom is 0.481 e. The number of anilines is 1. The molecule has 2 unspecified atom stereocenters. The monoisotopic (exact) mass is 604 g/mol. The van der Waals surface area contributed by atoms with Gasteiger partial charge >= 0.3 is 15.6 Å². The van der Waals surface area contributed by atoms with Gasteiger partial charge in [-0.25, -0.2) is 18.7 Å². The number of nitrogens with two attached hydrogens (primary N) is 1. The molecule has 0 saturated carbocycles. The van der Waals surface area contributed by atoms with Crippen molar-refractivity contribution in [2.75, 3.05) is 18.9 Å². The van der Waals surface area contributed by atoms with E-state index in [1.807, 2.05) is 0 Å². The largest absolute Gasteiger partial charge is 0.481 e. The summed E-state index contributed by atoms with van der Waals surface area (Å²) in [6.45, 7) is -1.49. The van der Waals surface area contributed by atoms with E-state index in [4.69, 9.17) is 19.7 Å². The number of phosphoric acid groups is 2. The van der Waals surface area contributed by atoms with Crippen molar-refractivity contribution in [3.63, 3.8) is 0 Å². The number of aliphatic hydroxyl groups is 3. The van der Waals surface area contributed by atoms with E-state index in [-0.39, 0.29) is 28.1 Å². The molecule has 20 heteroatoms. The summed E-state index contributed by atoms with van der Waals surface area (Å²) in [6, 6.07) is 0. The molecule has 6 rings (SSSR count). The van der Waals surface area contributed by atoms with Crippen LogP contribution in [0.5, 0.6) is 0 Å². The lowest BCUT2D eigenvalue weighted by molar-refractivity contribution is -0.755. The van der Waals surface area contributed by atoms with Crippen LogP contribution >= 0.6 is 31.6 Å². The maximum absolute atomic E-state index is 12.2. The average molecular weight is 605 g/mol. The molecule has 9 atom stereocenters. The molecule has 194 valence electrons. The van der Waals surface area contributed by atoms with E-state index in [1.54, 1.807) is 0 Å². The summed E-state index contributed by atoms with van der Waals surface area (Å²) in [7, 11) is -10.4. The van der Waals surface area contributed by atoms with Gasteiger partial charge in [-0.05, 0) is 15.9 Å². The van der Waals surface area contributed by atoms with Crippen LogP contribution < -0.4 is 10.3 Å². The van der Waals surface area contributed by atoms with Gasteiger partial charge in [0.05, 0.1) is 19.3 Å². The molecule has 35 heavy (non-hydrogen) atoms. The van der Waals surface area contributed by atoms with Crippen LogP contribution in [0.25, 0.3) is 11.2 Å². The van der Waals surface area contributed by atoms with Crippen LogP contribution in [0, 0.1) is 0 Å². The molecule has 6 heterocycles. The van der Waals surface area contributed by atoms with Gasteiger partial charge in [-0.15, -0.1) is 0 Å². The van der Waals surface area contributed by atoms with Crippen LogP contribution in [-0.2, 0) is 32.0 Å². The van der Waals surface area contributed by atoms with Crippen LogP contribution in [0.4, 0.5) is 5.82 Å². The zero-order valence-corrected chi connectivity index (χ0v) is 20.8. The molecule has 0 spiro atoms. The van der Waals surface area contributed by atoms with Crippen molar-refractivity contribution in [2.24, 2.45) is 0 Å². The van der Waals surface area contributed by atoms with Gasteiger partial charge in [0.2, 0.25) is 18.2 Å². The second kappa shape index (κ2) is 9.02. The number of fused-ring (bicyclic) bond motifs is 7. The Labute approximate surface area is 204 Å². The van der Waals surface area contributed by atoms with Crippen LogP contribution in [0.3, 0.4) is 0 Å². The van der Waals surface area contributed by atoms with Gasteiger partial charge in [0.25, 0.3) is 5.82 Å². The van der Waals surface area contributed by atoms with E-state index in [2.05, 4.69) is 34.7 Å². The fourth-order valence-corrected chi connectivity index (χ4v) is 6.75. The molecule has 2 saturated heterocycles. The Morgan fingerprint density at radius 1 is 1.09 bits per heavy atom. The first-order valence-electron chi connectivity index (χ1n) is 10.1. The van der Waals surface area contributed by atoms with Gasteiger partial charge in [0.15, 0.2) is 10.3 Å². The first-order valence-corrected chi connectivity index (χ1v) is 13.9. The van der Waals surface area contributed by atoms with Crippen LogP contribution in [0.2, 0.25) is 0 Å². The molecule has 2 fully saturated rings. The second-order valence-electron chi connectivity index (χ2n) is 8.05. The van der Waals surface area contributed by atoms with Gasteiger partial charge < -0.3 is 40.3 Å². The molecule has 4 aliphatic heterocycles. The van der Waals surface area contributed by atoms with Crippen molar-refractivity contribution in [3.8, 4) is 0 Å². The normalized spacial score (nSPS) is 42.5. The fourth-order valence-electron chi connectivity index (χ4n) is 4.08. The number of nitrogen functional groups attached to an aromatic ring is 1. The van der Waals surface area contributed by atoms with Gasteiger partial charge in [-0.3, -0.25) is 13.6 Å². The third-order valence-corrected chi connectivity index (χ3v) is 8.94. The Balaban J connectivity index is 1.58. The molecule has 2 aromatic rings. The minimum atomic E-state index is -5.20. The molecule has 17 nitrogen and oxygen atoms in total. The highest BCUT2D eigenvalue weighted by molar-refractivity contribution is 9.10. The number of aromatic nitrogens is 4. The van der Waals surface area contributed by atoms with Crippen molar-refractivity contribution in [1.29, 1.82) is 0 Å². The SMILES string of the molecule is Nc1c2nc(Br)n3c2nc[n+]1[C@@H]1O[C@H](COP(=O)(O)OP(=O)(O)OC[C@H]2O[C@@H]3C[C@@H]2O)[C@@H](O)[C@H]1O. The highest BCUT2D eigenvalue weighted by Crippen LogP contribution is 2.60. The number of halogens is 1. The average Bonchev–Trinajstić information content (AvgIpc) is 3.38. The summed E-state index contributed by atoms with van der Waals surface area (Å²) in [5.41, 5.74) is 6.69. The van der Waals surface area contributed by atoms with E-state index >= 15 is 0 Å². The van der Waals surface area contributed by atoms with Crippen LogP contribution in [0.1, 0.15) is 18.9 Å². The maximum atomic E-state index is 12.2. The number of rotatable bonds is 0. The minimum Gasteiger partial charge on any atom is -0.390 e. The Bertz CT molecular complexity index is 1250. The molecule has 0 radical (unpaired) electrons. The smallest absolute Gasteiger partial charge is 0.390 e. The lowest BCUT2D eigenvalue weighted by Crippen LogP contribution is -2.48. The second-order valence-corrected chi connectivity index (χ2v) is 11.8.